The normalized spacial score (nSPS) is 22.6. The molecule has 2 aliphatic heterocycles. The van der Waals surface area contributed by atoms with E-state index < -0.39 is 5.60 Å². The van der Waals surface area contributed by atoms with Gasteiger partial charge in [0.1, 0.15) is 17.0 Å². The van der Waals surface area contributed by atoms with E-state index >= 15 is 0 Å². The number of ether oxygens (including phenoxy) is 1. The summed E-state index contributed by atoms with van der Waals surface area (Å²) in [5.41, 5.74) is 0.357. The monoisotopic (exact) mass is 337 g/mol. The lowest BCUT2D eigenvalue weighted by atomic mass is 9.92. The molecule has 6 heteroatoms. The fourth-order valence-electron chi connectivity index (χ4n) is 3.50. The number of rotatable bonds is 1. The number of hydrogen-bond acceptors (Lipinski definition) is 4. The van der Waals surface area contributed by atoms with Crippen molar-refractivity contribution in [3.63, 3.8) is 0 Å². The zero-order valence-electron chi connectivity index (χ0n) is 13.8. The van der Waals surface area contributed by atoms with Crippen molar-refractivity contribution in [3.05, 3.63) is 59.9 Å². The van der Waals surface area contributed by atoms with E-state index in [-0.39, 0.29) is 11.8 Å². The second kappa shape index (κ2) is 6.20. The molecular weight excluding hydrogens is 318 g/mol. The third kappa shape index (κ3) is 2.95. The molecule has 1 aromatic carbocycles. The van der Waals surface area contributed by atoms with Crippen LogP contribution in [-0.2, 0) is 0 Å². The van der Waals surface area contributed by atoms with Gasteiger partial charge < -0.3 is 15.0 Å². The molecule has 1 atom stereocenters. The van der Waals surface area contributed by atoms with Crippen molar-refractivity contribution in [2.24, 2.45) is 0 Å². The van der Waals surface area contributed by atoms with Crippen LogP contribution in [0.15, 0.2) is 48.7 Å². The number of carbonyl (C=O) groups excluding carboxylic acids is 2. The predicted octanol–water partition coefficient (Wildman–Crippen LogP) is 1.88. The Hall–Kier alpha value is -2.89. The predicted molar refractivity (Wildman–Crippen MR) is 91.5 cm³/mol. The van der Waals surface area contributed by atoms with Crippen LogP contribution < -0.4 is 10.1 Å². The third-order valence-corrected chi connectivity index (χ3v) is 4.74. The van der Waals surface area contributed by atoms with E-state index in [2.05, 4.69) is 10.3 Å². The van der Waals surface area contributed by atoms with Gasteiger partial charge in [-0.3, -0.25) is 14.6 Å². The van der Waals surface area contributed by atoms with E-state index in [4.69, 9.17) is 4.74 Å². The molecule has 2 aromatic rings. The van der Waals surface area contributed by atoms with Crippen molar-refractivity contribution in [1.82, 2.24) is 15.2 Å². The number of likely N-dealkylation sites (tertiary alicyclic amines) is 1. The van der Waals surface area contributed by atoms with Crippen molar-refractivity contribution in [3.8, 4) is 5.75 Å². The molecule has 128 valence electrons. The summed E-state index contributed by atoms with van der Waals surface area (Å²) in [7, 11) is 0. The van der Waals surface area contributed by atoms with Gasteiger partial charge in [0, 0.05) is 12.7 Å². The molecule has 0 aliphatic carbocycles. The summed E-state index contributed by atoms with van der Waals surface area (Å²) in [5.74, 6) is 0.331. The standard InChI is InChI=1S/C19H19N3O3/c23-17-14-6-1-2-8-16(14)25-19(12-21-17)9-5-11-22(13-19)18(24)15-7-3-4-10-20-15/h1-4,6-8,10H,5,9,11-13H2,(H,21,23). The average Bonchev–Trinajstić information content (AvgIpc) is 2.79. The van der Waals surface area contributed by atoms with Crippen molar-refractivity contribution in [2.75, 3.05) is 19.6 Å². The highest BCUT2D eigenvalue weighted by Gasteiger charge is 2.42. The first-order chi connectivity index (χ1) is 12.2. The van der Waals surface area contributed by atoms with Crippen LogP contribution in [0.1, 0.15) is 33.7 Å². The maximum atomic E-state index is 12.7. The molecule has 6 nitrogen and oxygen atoms in total. The molecule has 2 amide bonds. The lowest BCUT2D eigenvalue weighted by Crippen LogP contribution is -2.58. The van der Waals surface area contributed by atoms with E-state index in [1.165, 1.54) is 0 Å². The van der Waals surface area contributed by atoms with Crippen molar-refractivity contribution >= 4 is 11.8 Å². The van der Waals surface area contributed by atoms with Crippen LogP contribution in [0.5, 0.6) is 5.75 Å². The molecular formula is C19H19N3O3. The number of carbonyl (C=O) groups is 2. The lowest BCUT2D eigenvalue weighted by Gasteiger charge is -2.41. The summed E-state index contributed by atoms with van der Waals surface area (Å²) in [6, 6.07) is 12.5. The topological polar surface area (TPSA) is 71.5 Å². The van der Waals surface area contributed by atoms with E-state index in [1.54, 1.807) is 35.4 Å². The number of amides is 2. The Kier molecular flexibility index (Phi) is 3.87. The first-order valence-electron chi connectivity index (χ1n) is 8.43. The zero-order valence-corrected chi connectivity index (χ0v) is 13.8. The molecule has 1 saturated heterocycles. The Balaban J connectivity index is 1.60. The van der Waals surface area contributed by atoms with Gasteiger partial charge in [0.15, 0.2) is 0 Å². The Morgan fingerprint density at radius 3 is 2.88 bits per heavy atom. The van der Waals surface area contributed by atoms with Crippen LogP contribution in [-0.4, -0.2) is 46.9 Å². The molecule has 1 fully saturated rings. The third-order valence-electron chi connectivity index (χ3n) is 4.74. The molecule has 0 radical (unpaired) electrons. The lowest BCUT2D eigenvalue weighted by molar-refractivity contribution is -0.00109. The van der Waals surface area contributed by atoms with Crippen LogP contribution in [0.3, 0.4) is 0 Å². The van der Waals surface area contributed by atoms with Gasteiger partial charge >= 0.3 is 0 Å². The first kappa shape index (κ1) is 15.6. The van der Waals surface area contributed by atoms with Crippen LogP contribution in [0.2, 0.25) is 0 Å². The minimum Gasteiger partial charge on any atom is -0.483 e. The molecule has 3 heterocycles. The van der Waals surface area contributed by atoms with Crippen LogP contribution in [0, 0.1) is 0 Å². The molecule has 0 saturated carbocycles. The summed E-state index contributed by atoms with van der Waals surface area (Å²) in [5, 5.41) is 2.94. The largest absolute Gasteiger partial charge is 0.483 e. The second-order valence-electron chi connectivity index (χ2n) is 6.51. The molecule has 0 bridgehead atoms. The fraction of sp³-hybridized carbons (Fsp3) is 0.316. The van der Waals surface area contributed by atoms with Crippen LogP contribution >= 0.6 is 0 Å². The number of pyridine rings is 1. The molecule has 1 N–H and O–H groups in total. The maximum absolute atomic E-state index is 12.7. The van der Waals surface area contributed by atoms with Crippen LogP contribution in [0.4, 0.5) is 0 Å². The number of fused-ring (bicyclic) bond motifs is 1. The van der Waals surface area contributed by atoms with Gasteiger partial charge in [-0.15, -0.1) is 0 Å². The highest BCUT2D eigenvalue weighted by atomic mass is 16.5. The summed E-state index contributed by atoms with van der Waals surface area (Å²) >= 11 is 0. The minimum absolute atomic E-state index is 0.105. The summed E-state index contributed by atoms with van der Waals surface area (Å²) in [6.07, 6.45) is 3.22. The number of nitrogens with zero attached hydrogens (tertiary/aromatic N) is 2. The highest BCUT2D eigenvalue weighted by molar-refractivity contribution is 5.97. The van der Waals surface area contributed by atoms with Gasteiger partial charge in [0.25, 0.3) is 11.8 Å². The summed E-state index contributed by atoms with van der Waals surface area (Å²) < 4.78 is 6.27. The summed E-state index contributed by atoms with van der Waals surface area (Å²) in [4.78, 5) is 31.0. The van der Waals surface area contributed by atoms with Gasteiger partial charge in [0.2, 0.25) is 0 Å². The van der Waals surface area contributed by atoms with Crippen molar-refractivity contribution < 1.29 is 14.3 Å². The molecule has 1 aromatic heterocycles. The van der Waals surface area contributed by atoms with E-state index in [1.807, 2.05) is 18.2 Å². The van der Waals surface area contributed by atoms with E-state index in [9.17, 15) is 9.59 Å². The second-order valence-corrected chi connectivity index (χ2v) is 6.51. The van der Waals surface area contributed by atoms with Gasteiger partial charge in [-0.1, -0.05) is 18.2 Å². The Bertz CT molecular complexity index is 809. The molecule has 2 aliphatic rings. The number of benzene rings is 1. The van der Waals surface area contributed by atoms with Gasteiger partial charge in [-0.25, -0.2) is 0 Å². The number of nitrogens with one attached hydrogen (secondary N) is 1. The first-order valence-corrected chi connectivity index (χ1v) is 8.43. The fourth-order valence-corrected chi connectivity index (χ4v) is 3.50. The van der Waals surface area contributed by atoms with Gasteiger partial charge in [-0.2, -0.15) is 0 Å². The smallest absolute Gasteiger partial charge is 0.272 e. The Labute approximate surface area is 145 Å². The van der Waals surface area contributed by atoms with E-state index in [0.29, 0.717) is 36.6 Å². The molecule has 25 heavy (non-hydrogen) atoms. The van der Waals surface area contributed by atoms with Crippen LogP contribution in [0.25, 0.3) is 0 Å². The number of para-hydroxylation sites is 1. The minimum atomic E-state index is -0.606. The van der Waals surface area contributed by atoms with Crippen molar-refractivity contribution in [2.45, 2.75) is 18.4 Å². The number of aromatic nitrogens is 1. The average molecular weight is 337 g/mol. The maximum Gasteiger partial charge on any atom is 0.272 e. The Morgan fingerprint density at radius 2 is 2.04 bits per heavy atom. The number of hydrogen-bond donors (Lipinski definition) is 1. The molecule has 1 spiro atoms. The van der Waals surface area contributed by atoms with Gasteiger partial charge in [-0.05, 0) is 37.1 Å². The van der Waals surface area contributed by atoms with E-state index in [0.717, 1.165) is 12.8 Å². The molecule has 1 unspecified atom stereocenters. The summed E-state index contributed by atoms with van der Waals surface area (Å²) in [6.45, 7) is 1.47. The number of piperidine rings is 1. The molecule has 4 rings (SSSR count). The zero-order chi connectivity index (χ0) is 17.3. The quantitative estimate of drug-likeness (QED) is 0.862. The highest BCUT2D eigenvalue weighted by Crippen LogP contribution is 2.32. The van der Waals surface area contributed by atoms with Crippen molar-refractivity contribution in [1.29, 1.82) is 0 Å². The Morgan fingerprint density at radius 1 is 1.20 bits per heavy atom. The van der Waals surface area contributed by atoms with Gasteiger partial charge in [0.05, 0.1) is 18.7 Å². The SMILES string of the molecule is O=C1NCC2(CCCN(C(=O)c3ccccn3)C2)Oc2ccccc21.